The molecule has 0 spiro atoms. The fourth-order valence-electron chi connectivity index (χ4n) is 5.53. The van der Waals surface area contributed by atoms with Crippen LogP contribution in [-0.2, 0) is 21.5 Å². The molecule has 2 N–H and O–H groups in total. The number of nitrogens with one attached hydrogen (secondary N) is 2. The van der Waals surface area contributed by atoms with Gasteiger partial charge in [-0.1, -0.05) is 20.8 Å². The lowest BCUT2D eigenvalue weighted by atomic mass is 9.84. The molecule has 0 bridgehead atoms. The SMILES string of the molecule is CCOC(=O)COc1c(N2CCCC2)cc(C(=O)CN2Cc3cc(N(C)C)c(C(=O)NC)cc3C2=N)cc1C(C)(C)C. The van der Waals surface area contributed by atoms with Crippen LogP contribution in [0.25, 0.3) is 0 Å². The van der Waals surface area contributed by atoms with Crippen LogP contribution in [0.1, 0.15) is 77.9 Å². The molecule has 0 saturated carbocycles. The summed E-state index contributed by atoms with van der Waals surface area (Å²) in [5, 5.41) is 11.5. The predicted molar refractivity (Wildman–Crippen MR) is 164 cm³/mol. The molecule has 0 aromatic heterocycles. The van der Waals surface area contributed by atoms with Crippen LogP contribution in [0.4, 0.5) is 11.4 Å². The number of ketones is 1. The number of Topliss-reactive ketones (excluding diaryl/α,β-unsaturated/α-hetero) is 1. The van der Waals surface area contributed by atoms with Gasteiger partial charge in [0.1, 0.15) is 11.6 Å². The van der Waals surface area contributed by atoms with Gasteiger partial charge in [-0.15, -0.1) is 0 Å². The first-order valence-corrected chi connectivity index (χ1v) is 14.5. The number of rotatable bonds is 10. The maximum absolute atomic E-state index is 13.9. The zero-order valence-electron chi connectivity index (χ0n) is 25.8. The van der Waals surface area contributed by atoms with E-state index in [1.54, 1.807) is 24.9 Å². The Labute approximate surface area is 248 Å². The Morgan fingerprint density at radius 2 is 1.76 bits per heavy atom. The number of nitrogens with zero attached hydrogens (tertiary/aromatic N) is 3. The van der Waals surface area contributed by atoms with E-state index >= 15 is 0 Å². The number of hydrogen-bond donors (Lipinski definition) is 2. The van der Waals surface area contributed by atoms with E-state index < -0.39 is 5.97 Å². The lowest BCUT2D eigenvalue weighted by molar-refractivity contribution is -0.145. The van der Waals surface area contributed by atoms with Crippen LogP contribution in [0.15, 0.2) is 24.3 Å². The molecule has 2 heterocycles. The van der Waals surface area contributed by atoms with Crippen LogP contribution < -0.4 is 19.9 Å². The number of benzene rings is 2. The Morgan fingerprint density at radius 3 is 2.36 bits per heavy atom. The van der Waals surface area contributed by atoms with E-state index in [9.17, 15) is 14.4 Å². The third-order valence-corrected chi connectivity index (χ3v) is 7.73. The molecule has 0 aliphatic carbocycles. The van der Waals surface area contributed by atoms with Gasteiger partial charge >= 0.3 is 5.97 Å². The summed E-state index contributed by atoms with van der Waals surface area (Å²) < 4.78 is 11.2. The van der Waals surface area contributed by atoms with Crippen molar-refractivity contribution in [1.82, 2.24) is 10.2 Å². The summed E-state index contributed by atoms with van der Waals surface area (Å²) >= 11 is 0. The van der Waals surface area contributed by atoms with Crippen molar-refractivity contribution < 1.29 is 23.9 Å². The van der Waals surface area contributed by atoms with Gasteiger partial charge in [-0.25, -0.2) is 4.79 Å². The number of amides is 1. The lowest BCUT2D eigenvalue weighted by Crippen LogP contribution is -2.31. The fourth-order valence-corrected chi connectivity index (χ4v) is 5.53. The zero-order chi connectivity index (χ0) is 30.8. The highest BCUT2D eigenvalue weighted by Gasteiger charge is 2.32. The van der Waals surface area contributed by atoms with E-state index in [4.69, 9.17) is 14.9 Å². The molecular formula is C32H43N5O5. The molecule has 1 fully saturated rings. The number of ether oxygens (including phenoxy) is 2. The van der Waals surface area contributed by atoms with Gasteiger partial charge in [0.2, 0.25) is 0 Å². The van der Waals surface area contributed by atoms with Crippen molar-refractivity contribution in [3.05, 3.63) is 52.1 Å². The molecule has 4 rings (SSSR count). The highest BCUT2D eigenvalue weighted by molar-refractivity contribution is 6.08. The number of anilines is 2. The van der Waals surface area contributed by atoms with Gasteiger partial charge in [-0.05, 0) is 55.0 Å². The summed E-state index contributed by atoms with van der Waals surface area (Å²) in [6.07, 6.45) is 2.08. The number of amidine groups is 1. The van der Waals surface area contributed by atoms with Crippen LogP contribution in [0, 0.1) is 5.41 Å². The normalized spacial score (nSPS) is 14.6. The third-order valence-electron chi connectivity index (χ3n) is 7.73. The zero-order valence-corrected chi connectivity index (χ0v) is 25.8. The number of hydrogen-bond acceptors (Lipinski definition) is 8. The maximum Gasteiger partial charge on any atom is 0.344 e. The molecule has 2 aromatic rings. The van der Waals surface area contributed by atoms with Crippen LogP contribution in [-0.4, -0.2) is 82.4 Å². The number of carbonyl (C=O) groups excluding carboxylic acids is 3. The molecule has 42 heavy (non-hydrogen) atoms. The largest absolute Gasteiger partial charge is 0.479 e. The summed E-state index contributed by atoms with van der Waals surface area (Å²) in [5.74, 6) is 0.0503. The van der Waals surface area contributed by atoms with Crippen molar-refractivity contribution in [2.24, 2.45) is 0 Å². The van der Waals surface area contributed by atoms with Crippen molar-refractivity contribution in [1.29, 1.82) is 5.41 Å². The van der Waals surface area contributed by atoms with E-state index in [-0.39, 0.29) is 42.7 Å². The van der Waals surface area contributed by atoms with Crippen molar-refractivity contribution in [3.8, 4) is 5.75 Å². The summed E-state index contributed by atoms with van der Waals surface area (Å²) in [6.45, 7) is 10.1. The quantitative estimate of drug-likeness (QED) is 0.322. The van der Waals surface area contributed by atoms with Crippen LogP contribution in [0.5, 0.6) is 5.75 Å². The van der Waals surface area contributed by atoms with Crippen molar-refractivity contribution in [2.75, 3.05) is 63.8 Å². The standard InChI is InChI=1S/C32H43N5O5/c1-8-41-28(39)19-42-29-24(32(2,3)4)13-20(14-26(29)36-11-9-10-12-36)27(38)18-37-17-21-15-25(35(6)7)23(31(40)34-5)16-22(21)30(37)33/h13-16,33H,8-12,17-19H2,1-7H3,(H,34,40). The summed E-state index contributed by atoms with van der Waals surface area (Å²) in [6, 6.07) is 7.40. The van der Waals surface area contributed by atoms with Crippen LogP contribution >= 0.6 is 0 Å². The molecule has 2 aromatic carbocycles. The first-order chi connectivity index (χ1) is 19.8. The second-order valence-corrected chi connectivity index (χ2v) is 12.0. The monoisotopic (exact) mass is 577 g/mol. The Hall–Kier alpha value is -4.08. The highest BCUT2D eigenvalue weighted by atomic mass is 16.6. The van der Waals surface area contributed by atoms with Gasteiger partial charge in [0.25, 0.3) is 5.91 Å². The van der Waals surface area contributed by atoms with Gasteiger partial charge in [-0.2, -0.15) is 0 Å². The predicted octanol–water partition coefficient (Wildman–Crippen LogP) is 3.98. The molecule has 0 unspecified atom stereocenters. The topological polar surface area (TPSA) is 115 Å². The Balaban J connectivity index is 1.67. The van der Waals surface area contributed by atoms with E-state index in [0.717, 1.165) is 48.4 Å². The molecule has 1 amide bonds. The number of fused-ring (bicyclic) bond motifs is 1. The molecule has 1 saturated heterocycles. The first-order valence-electron chi connectivity index (χ1n) is 14.5. The fraction of sp³-hybridized carbons (Fsp3) is 0.500. The Bertz CT molecular complexity index is 1390. The molecule has 10 heteroatoms. The van der Waals surface area contributed by atoms with Crippen molar-refractivity contribution in [2.45, 2.75) is 52.5 Å². The summed E-state index contributed by atoms with van der Waals surface area (Å²) in [7, 11) is 5.34. The van der Waals surface area contributed by atoms with Crippen molar-refractivity contribution in [3.63, 3.8) is 0 Å². The molecule has 0 atom stereocenters. The Morgan fingerprint density at radius 1 is 1.07 bits per heavy atom. The average Bonchev–Trinajstić information content (AvgIpc) is 3.58. The van der Waals surface area contributed by atoms with Gasteiger partial charge in [-0.3, -0.25) is 15.0 Å². The molecule has 2 aliphatic rings. The van der Waals surface area contributed by atoms with Gasteiger partial charge in [0.15, 0.2) is 12.4 Å². The van der Waals surface area contributed by atoms with E-state index in [2.05, 4.69) is 31.0 Å². The van der Waals surface area contributed by atoms with Gasteiger partial charge < -0.3 is 29.5 Å². The minimum atomic E-state index is -0.436. The maximum atomic E-state index is 13.9. The average molecular weight is 578 g/mol. The molecule has 2 aliphatic heterocycles. The minimum Gasteiger partial charge on any atom is -0.479 e. The second-order valence-electron chi connectivity index (χ2n) is 12.0. The van der Waals surface area contributed by atoms with E-state index in [1.165, 1.54) is 0 Å². The molecule has 0 radical (unpaired) electrons. The smallest absolute Gasteiger partial charge is 0.344 e. The molecule has 10 nitrogen and oxygen atoms in total. The molecule has 226 valence electrons. The second kappa shape index (κ2) is 12.4. The summed E-state index contributed by atoms with van der Waals surface area (Å²) in [5.41, 5.74) is 4.62. The minimum absolute atomic E-state index is 0.0200. The first kappa shape index (κ1) is 30.9. The molecular weight excluding hydrogens is 534 g/mol. The summed E-state index contributed by atoms with van der Waals surface area (Å²) in [4.78, 5) is 44.4. The van der Waals surface area contributed by atoms with Gasteiger partial charge in [0.05, 0.1) is 24.4 Å². The van der Waals surface area contributed by atoms with Crippen molar-refractivity contribution >= 4 is 34.9 Å². The Kier molecular flexibility index (Phi) is 9.13. The van der Waals surface area contributed by atoms with E-state index in [0.29, 0.717) is 29.0 Å². The van der Waals surface area contributed by atoms with Crippen LogP contribution in [0.3, 0.4) is 0 Å². The number of carbonyl (C=O) groups is 3. The highest BCUT2D eigenvalue weighted by Crippen LogP contribution is 2.42. The lowest BCUT2D eigenvalue weighted by Gasteiger charge is -2.29. The number of esters is 1. The van der Waals surface area contributed by atoms with Gasteiger partial charge in [0, 0.05) is 63.2 Å². The van der Waals surface area contributed by atoms with E-state index in [1.807, 2.05) is 37.2 Å². The third kappa shape index (κ3) is 6.37. The van der Waals surface area contributed by atoms with Crippen LogP contribution in [0.2, 0.25) is 0 Å².